The maximum atomic E-state index is 12.2. The summed E-state index contributed by atoms with van der Waals surface area (Å²) in [5, 5.41) is 13.4. The number of halogens is 1. The fourth-order valence-electron chi connectivity index (χ4n) is 2.33. The van der Waals surface area contributed by atoms with E-state index in [0.717, 1.165) is 5.69 Å². The Bertz CT molecular complexity index is 611. The molecule has 1 fully saturated rings. The summed E-state index contributed by atoms with van der Waals surface area (Å²) in [5.74, 6) is -1.13. The number of hydrogen-bond acceptors (Lipinski definition) is 4. The summed E-state index contributed by atoms with van der Waals surface area (Å²) in [5.41, 5.74) is 1.44. The summed E-state index contributed by atoms with van der Waals surface area (Å²) < 4.78 is 6.88. The van der Waals surface area contributed by atoms with Crippen LogP contribution in [-0.4, -0.2) is 57.5 Å². The fourth-order valence-corrected chi connectivity index (χ4v) is 2.57. The summed E-state index contributed by atoms with van der Waals surface area (Å²) in [4.78, 5) is 24.5. The number of carboxylic acids is 1. The van der Waals surface area contributed by atoms with Crippen LogP contribution in [0, 0.1) is 6.92 Å². The average Bonchev–Trinajstić information content (AvgIpc) is 2.69. The molecule has 0 aromatic carbocycles. The molecule has 8 heteroatoms. The van der Waals surface area contributed by atoms with Crippen molar-refractivity contribution in [1.29, 1.82) is 0 Å². The second-order valence-electron chi connectivity index (χ2n) is 5.12. The number of aliphatic carboxylic acids is 1. The van der Waals surface area contributed by atoms with E-state index in [1.807, 2.05) is 6.92 Å². The van der Waals surface area contributed by atoms with Crippen LogP contribution in [0.1, 0.15) is 17.7 Å². The van der Waals surface area contributed by atoms with Gasteiger partial charge < -0.3 is 14.7 Å². The Morgan fingerprint density at radius 2 is 2.27 bits per heavy atom. The Hall–Kier alpha value is -1.86. The van der Waals surface area contributed by atoms with Crippen LogP contribution in [0.25, 0.3) is 6.08 Å². The van der Waals surface area contributed by atoms with E-state index in [9.17, 15) is 9.59 Å². The van der Waals surface area contributed by atoms with E-state index in [4.69, 9.17) is 21.4 Å². The van der Waals surface area contributed by atoms with Gasteiger partial charge in [0.2, 0.25) is 5.91 Å². The molecule has 0 radical (unpaired) electrons. The summed E-state index contributed by atoms with van der Waals surface area (Å²) in [6.07, 6.45) is 2.49. The van der Waals surface area contributed by atoms with Gasteiger partial charge in [0.1, 0.15) is 5.15 Å². The molecular weight excluding hydrogens is 310 g/mol. The van der Waals surface area contributed by atoms with Crippen molar-refractivity contribution in [2.24, 2.45) is 7.05 Å². The zero-order valence-corrected chi connectivity index (χ0v) is 13.2. The van der Waals surface area contributed by atoms with Crippen molar-refractivity contribution in [1.82, 2.24) is 14.7 Å². The van der Waals surface area contributed by atoms with Crippen LogP contribution in [0.3, 0.4) is 0 Å². The molecule has 2 heterocycles. The lowest BCUT2D eigenvalue weighted by Gasteiger charge is -2.31. The number of carbonyl (C=O) groups excluding carboxylic acids is 1. The zero-order valence-electron chi connectivity index (χ0n) is 12.5. The second-order valence-corrected chi connectivity index (χ2v) is 5.48. The Kier molecular flexibility index (Phi) is 5.20. The van der Waals surface area contributed by atoms with E-state index in [0.29, 0.717) is 23.9 Å². The number of carboxylic acid groups (broad SMARTS) is 1. The first-order valence-electron chi connectivity index (χ1n) is 6.88. The monoisotopic (exact) mass is 327 g/mol. The van der Waals surface area contributed by atoms with Gasteiger partial charge in [0, 0.05) is 31.8 Å². The maximum Gasteiger partial charge on any atom is 0.306 e. The summed E-state index contributed by atoms with van der Waals surface area (Å²) in [7, 11) is 1.73. The van der Waals surface area contributed by atoms with Crippen molar-refractivity contribution in [2.45, 2.75) is 19.4 Å². The molecule has 0 bridgehead atoms. The lowest BCUT2D eigenvalue weighted by Crippen LogP contribution is -2.45. The number of aryl methyl sites for hydroxylation is 2. The third kappa shape index (κ3) is 3.86. The molecule has 1 aromatic heterocycles. The molecule has 1 saturated heterocycles. The summed E-state index contributed by atoms with van der Waals surface area (Å²) in [6, 6.07) is 0. The van der Waals surface area contributed by atoms with Crippen molar-refractivity contribution in [3.05, 3.63) is 22.5 Å². The quantitative estimate of drug-likeness (QED) is 0.837. The third-order valence-electron chi connectivity index (χ3n) is 3.44. The van der Waals surface area contributed by atoms with Gasteiger partial charge >= 0.3 is 5.97 Å². The topological polar surface area (TPSA) is 84.7 Å². The van der Waals surface area contributed by atoms with Gasteiger partial charge in [-0.1, -0.05) is 11.6 Å². The predicted molar refractivity (Wildman–Crippen MR) is 80.6 cm³/mol. The van der Waals surface area contributed by atoms with Crippen LogP contribution in [0.4, 0.5) is 0 Å². The number of rotatable bonds is 4. The maximum absolute atomic E-state index is 12.2. The fraction of sp³-hybridized carbons (Fsp3) is 0.500. The van der Waals surface area contributed by atoms with Crippen molar-refractivity contribution in [3.8, 4) is 0 Å². The van der Waals surface area contributed by atoms with E-state index in [2.05, 4.69) is 5.10 Å². The molecule has 1 atom stereocenters. The van der Waals surface area contributed by atoms with E-state index < -0.39 is 12.1 Å². The van der Waals surface area contributed by atoms with Crippen LogP contribution >= 0.6 is 11.6 Å². The van der Waals surface area contributed by atoms with Gasteiger partial charge in [-0.15, -0.1) is 0 Å². The van der Waals surface area contributed by atoms with E-state index >= 15 is 0 Å². The first-order chi connectivity index (χ1) is 10.4. The van der Waals surface area contributed by atoms with Gasteiger partial charge in [-0.2, -0.15) is 5.10 Å². The van der Waals surface area contributed by atoms with Crippen molar-refractivity contribution in [2.75, 3.05) is 19.7 Å². The standard InChI is InChI=1S/C14H18ClN3O4/c1-9-11(14(15)17(2)16-9)3-4-12(19)18-5-6-22-10(8-18)7-13(20)21/h3-4,10H,5-8H2,1-2H3,(H,20,21). The van der Waals surface area contributed by atoms with Crippen molar-refractivity contribution in [3.63, 3.8) is 0 Å². The Balaban J connectivity index is 2.02. The SMILES string of the molecule is Cc1nn(C)c(Cl)c1C=CC(=O)N1CCOC(CC(=O)O)C1. The number of morpholine rings is 1. The molecule has 1 amide bonds. The molecule has 1 aliphatic rings. The highest BCUT2D eigenvalue weighted by atomic mass is 35.5. The molecule has 7 nitrogen and oxygen atoms in total. The molecule has 1 N–H and O–H groups in total. The summed E-state index contributed by atoms with van der Waals surface area (Å²) in [6.45, 7) is 2.87. The average molecular weight is 328 g/mol. The van der Waals surface area contributed by atoms with Crippen LogP contribution in [0.15, 0.2) is 6.08 Å². The first-order valence-corrected chi connectivity index (χ1v) is 7.25. The number of aromatic nitrogens is 2. The summed E-state index contributed by atoms with van der Waals surface area (Å²) >= 11 is 6.10. The molecule has 0 aliphatic carbocycles. The van der Waals surface area contributed by atoms with Crippen LogP contribution in [-0.2, 0) is 21.4 Å². The molecule has 1 unspecified atom stereocenters. The van der Waals surface area contributed by atoms with Crippen molar-refractivity contribution >= 4 is 29.6 Å². The minimum absolute atomic E-state index is 0.110. The van der Waals surface area contributed by atoms with Crippen LogP contribution < -0.4 is 0 Å². The number of amides is 1. The van der Waals surface area contributed by atoms with Gasteiger partial charge in [0.15, 0.2) is 0 Å². The second kappa shape index (κ2) is 6.93. The number of ether oxygens (including phenoxy) is 1. The predicted octanol–water partition coefficient (Wildman–Crippen LogP) is 1.10. The Morgan fingerprint density at radius 3 is 2.86 bits per heavy atom. The smallest absolute Gasteiger partial charge is 0.306 e. The van der Waals surface area contributed by atoms with Gasteiger partial charge in [-0.25, -0.2) is 0 Å². The lowest BCUT2D eigenvalue weighted by molar-refractivity contribution is -0.145. The van der Waals surface area contributed by atoms with Gasteiger partial charge in [-0.05, 0) is 13.0 Å². The minimum atomic E-state index is -0.937. The van der Waals surface area contributed by atoms with E-state index in [1.165, 1.54) is 6.08 Å². The van der Waals surface area contributed by atoms with E-state index in [-0.39, 0.29) is 18.9 Å². The Morgan fingerprint density at radius 1 is 1.55 bits per heavy atom. The normalized spacial score (nSPS) is 18.9. The highest BCUT2D eigenvalue weighted by molar-refractivity contribution is 6.31. The molecular formula is C14H18ClN3O4. The number of carbonyl (C=O) groups is 2. The Labute approximate surface area is 133 Å². The third-order valence-corrected chi connectivity index (χ3v) is 3.89. The number of hydrogen-bond donors (Lipinski definition) is 1. The molecule has 22 heavy (non-hydrogen) atoms. The van der Waals surface area contributed by atoms with Gasteiger partial charge in [-0.3, -0.25) is 14.3 Å². The highest BCUT2D eigenvalue weighted by Gasteiger charge is 2.24. The van der Waals surface area contributed by atoms with Crippen molar-refractivity contribution < 1.29 is 19.4 Å². The molecule has 1 aliphatic heterocycles. The molecule has 0 saturated carbocycles. The molecule has 2 rings (SSSR count). The number of nitrogens with zero attached hydrogens (tertiary/aromatic N) is 3. The largest absolute Gasteiger partial charge is 0.481 e. The zero-order chi connectivity index (χ0) is 16.3. The van der Waals surface area contributed by atoms with Crippen LogP contribution in [0.5, 0.6) is 0 Å². The highest BCUT2D eigenvalue weighted by Crippen LogP contribution is 2.20. The van der Waals surface area contributed by atoms with Gasteiger partial charge in [0.25, 0.3) is 0 Å². The lowest BCUT2D eigenvalue weighted by atomic mass is 10.2. The van der Waals surface area contributed by atoms with Crippen LogP contribution in [0.2, 0.25) is 5.15 Å². The molecule has 1 aromatic rings. The first kappa shape index (κ1) is 16.5. The minimum Gasteiger partial charge on any atom is -0.481 e. The molecule has 0 spiro atoms. The van der Waals surface area contributed by atoms with Gasteiger partial charge in [0.05, 0.1) is 24.8 Å². The molecule has 120 valence electrons. The van der Waals surface area contributed by atoms with E-state index in [1.54, 1.807) is 22.7 Å².